The summed E-state index contributed by atoms with van der Waals surface area (Å²) in [7, 11) is 0. The molecule has 0 saturated heterocycles. The number of rotatable bonds is 3. The highest BCUT2D eigenvalue weighted by Crippen LogP contribution is 2.15. The molecule has 3 heteroatoms. The van der Waals surface area contributed by atoms with E-state index in [9.17, 15) is 9.18 Å². The average molecular weight is 234 g/mol. The fourth-order valence-electron chi connectivity index (χ4n) is 1.49. The van der Waals surface area contributed by atoms with Gasteiger partial charge in [-0.2, -0.15) is 0 Å². The molecule has 0 aliphatic rings. The van der Waals surface area contributed by atoms with E-state index in [0.29, 0.717) is 17.5 Å². The second-order valence-electron chi connectivity index (χ2n) is 3.64. The predicted molar refractivity (Wildman–Crippen MR) is 63.5 cm³/mol. The van der Waals surface area contributed by atoms with Crippen LogP contribution in [0.15, 0.2) is 35.7 Å². The molecule has 1 aromatic carbocycles. The van der Waals surface area contributed by atoms with Gasteiger partial charge in [-0.15, -0.1) is 11.3 Å². The smallest absolute Gasteiger partial charge is 0.168 e. The molecule has 82 valence electrons. The second-order valence-corrected chi connectivity index (χ2v) is 4.68. The van der Waals surface area contributed by atoms with Crippen molar-refractivity contribution in [1.82, 2.24) is 0 Å². The van der Waals surface area contributed by atoms with Crippen LogP contribution in [0.5, 0.6) is 0 Å². The molecule has 0 atom stereocenters. The zero-order valence-electron chi connectivity index (χ0n) is 8.87. The van der Waals surface area contributed by atoms with Crippen molar-refractivity contribution < 1.29 is 9.18 Å². The number of benzene rings is 1. The fourth-order valence-corrected chi connectivity index (χ4v) is 2.20. The number of hydrogen-bond donors (Lipinski definition) is 0. The molecule has 2 aromatic rings. The highest BCUT2D eigenvalue weighted by molar-refractivity contribution is 7.10. The van der Waals surface area contributed by atoms with E-state index in [2.05, 4.69) is 0 Å². The highest BCUT2D eigenvalue weighted by atomic mass is 32.1. The normalized spacial score (nSPS) is 10.4. The maximum Gasteiger partial charge on any atom is 0.168 e. The van der Waals surface area contributed by atoms with Gasteiger partial charge in [-0.3, -0.25) is 4.79 Å². The minimum absolute atomic E-state index is 0.0329. The molecule has 0 aliphatic heterocycles. The van der Waals surface area contributed by atoms with Gasteiger partial charge < -0.3 is 0 Å². The molecular weight excluding hydrogens is 223 g/mol. The van der Waals surface area contributed by atoms with Crippen LogP contribution in [0.25, 0.3) is 0 Å². The Morgan fingerprint density at radius 3 is 2.81 bits per heavy atom. The Labute approximate surface area is 97.6 Å². The van der Waals surface area contributed by atoms with Gasteiger partial charge in [0.25, 0.3) is 0 Å². The summed E-state index contributed by atoms with van der Waals surface area (Å²) >= 11 is 1.56. The first-order chi connectivity index (χ1) is 7.66. The molecule has 1 nitrogen and oxygen atoms in total. The Morgan fingerprint density at radius 1 is 1.38 bits per heavy atom. The average Bonchev–Trinajstić information content (AvgIpc) is 2.74. The van der Waals surface area contributed by atoms with Gasteiger partial charge in [-0.1, -0.05) is 6.07 Å². The van der Waals surface area contributed by atoms with E-state index in [0.717, 1.165) is 4.88 Å². The van der Waals surface area contributed by atoms with Crippen LogP contribution in [0, 0.1) is 12.7 Å². The third-order valence-corrected chi connectivity index (χ3v) is 3.27. The van der Waals surface area contributed by atoms with Gasteiger partial charge in [0, 0.05) is 16.9 Å². The molecule has 1 heterocycles. The minimum atomic E-state index is -0.271. The van der Waals surface area contributed by atoms with Crippen molar-refractivity contribution in [2.45, 2.75) is 13.3 Å². The molecule has 0 amide bonds. The molecule has 0 N–H and O–H groups in total. The summed E-state index contributed by atoms with van der Waals surface area (Å²) in [4.78, 5) is 12.9. The van der Waals surface area contributed by atoms with Crippen LogP contribution in [0.3, 0.4) is 0 Å². The van der Waals surface area contributed by atoms with E-state index in [1.807, 2.05) is 17.5 Å². The van der Waals surface area contributed by atoms with Crippen molar-refractivity contribution in [1.29, 1.82) is 0 Å². The summed E-state index contributed by atoms with van der Waals surface area (Å²) in [5.74, 6) is -0.238. The summed E-state index contributed by atoms with van der Waals surface area (Å²) < 4.78 is 13.0. The summed E-state index contributed by atoms with van der Waals surface area (Å²) in [6.07, 6.45) is 0.392. The molecule has 0 unspecified atom stereocenters. The molecule has 0 bridgehead atoms. The molecule has 0 fully saturated rings. The topological polar surface area (TPSA) is 17.1 Å². The number of hydrogen-bond acceptors (Lipinski definition) is 2. The van der Waals surface area contributed by atoms with E-state index in [1.165, 1.54) is 12.1 Å². The molecule has 0 spiro atoms. The Bertz CT molecular complexity index is 503. The van der Waals surface area contributed by atoms with Crippen molar-refractivity contribution in [2.75, 3.05) is 0 Å². The number of aryl methyl sites for hydroxylation is 1. The van der Waals surface area contributed by atoms with E-state index in [-0.39, 0.29) is 11.6 Å². The molecule has 0 aliphatic carbocycles. The van der Waals surface area contributed by atoms with Crippen LogP contribution in [0.1, 0.15) is 20.8 Å². The first-order valence-electron chi connectivity index (χ1n) is 4.98. The van der Waals surface area contributed by atoms with Gasteiger partial charge in [0.05, 0.1) is 0 Å². The Balaban J connectivity index is 2.18. The van der Waals surface area contributed by atoms with Gasteiger partial charge in [-0.05, 0) is 42.1 Å². The standard InChI is InChI=1S/C13H11FOS/c1-9-7-10(4-5-12(9)14)13(15)8-11-3-2-6-16-11/h2-7H,8H2,1H3. The molecule has 0 saturated carbocycles. The van der Waals surface area contributed by atoms with E-state index >= 15 is 0 Å². The Hall–Kier alpha value is -1.48. The molecule has 1 aromatic heterocycles. The summed E-state index contributed by atoms with van der Waals surface area (Å²) in [5, 5.41) is 1.94. The van der Waals surface area contributed by atoms with Gasteiger partial charge in [0.1, 0.15) is 5.82 Å². The minimum Gasteiger partial charge on any atom is -0.294 e. The Morgan fingerprint density at radius 2 is 2.19 bits per heavy atom. The highest BCUT2D eigenvalue weighted by Gasteiger charge is 2.09. The molecule has 16 heavy (non-hydrogen) atoms. The third-order valence-electron chi connectivity index (χ3n) is 2.39. The lowest BCUT2D eigenvalue weighted by atomic mass is 10.0. The lowest BCUT2D eigenvalue weighted by molar-refractivity contribution is 0.0993. The number of carbonyl (C=O) groups is 1. The van der Waals surface area contributed by atoms with E-state index in [1.54, 1.807) is 24.3 Å². The van der Waals surface area contributed by atoms with Crippen LogP contribution in [-0.2, 0) is 6.42 Å². The zero-order chi connectivity index (χ0) is 11.5. The van der Waals surface area contributed by atoms with Crippen molar-refractivity contribution in [3.8, 4) is 0 Å². The lowest BCUT2D eigenvalue weighted by Gasteiger charge is -2.01. The third kappa shape index (κ3) is 2.36. The van der Waals surface area contributed by atoms with Gasteiger partial charge in [0.2, 0.25) is 0 Å². The van der Waals surface area contributed by atoms with Crippen molar-refractivity contribution in [3.05, 3.63) is 57.5 Å². The van der Waals surface area contributed by atoms with Gasteiger partial charge >= 0.3 is 0 Å². The second kappa shape index (κ2) is 4.58. The van der Waals surface area contributed by atoms with Crippen LogP contribution >= 0.6 is 11.3 Å². The SMILES string of the molecule is Cc1cc(C(=O)Cc2cccs2)ccc1F. The summed E-state index contributed by atoms with van der Waals surface area (Å²) in [6, 6.07) is 8.34. The predicted octanol–water partition coefficient (Wildman–Crippen LogP) is 3.62. The van der Waals surface area contributed by atoms with E-state index < -0.39 is 0 Å². The lowest BCUT2D eigenvalue weighted by Crippen LogP contribution is -2.03. The number of halogens is 1. The number of Topliss-reactive ketones (excluding diaryl/α,β-unsaturated/α-hetero) is 1. The number of ketones is 1. The van der Waals surface area contributed by atoms with Gasteiger partial charge in [0.15, 0.2) is 5.78 Å². The zero-order valence-corrected chi connectivity index (χ0v) is 9.68. The maximum atomic E-state index is 13.0. The molecular formula is C13H11FOS. The monoisotopic (exact) mass is 234 g/mol. The van der Waals surface area contributed by atoms with Crippen LogP contribution < -0.4 is 0 Å². The largest absolute Gasteiger partial charge is 0.294 e. The van der Waals surface area contributed by atoms with Gasteiger partial charge in [-0.25, -0.2) is 4.39 Å². The first kappa shape index (κ1) is 11.0. The summed E-state index contributed by atoms with van der Waals surface area (Å²) in [5.41, 5.74) is 1.09. The first-order valence-corrected chi connectivity index (χ1v) is 5.86. The molecule has 2 rings (SSSR count). The number of carbonyl (C=O) groups excluding carboxylic acids is 1. The van der Waals surface area contributed by atoms with Crippen LogP contribution in [0.4, 0.5) is 4.39 Å². The van der Waals surface area contributed by atoms with Crippen LogP contribution in [-0.4, -0.2) is 5.78 Å². The van der Waals surface area contributed by atoms with Crippen molar-refractivity contribution in [3.63, 3.8) is 0 Å². The van der Waals surface area contributed by atoms with Crippen molar-refractivity contribution >= 4 is 17.1 Å². The van der Waals surface area contributed by atoms with E-state index in [4.69, 9.17) is 0 Å². The quantitative estimate of drug-likeness (QED) is 0.741. The molecule has 0 radical (unpaired) electrons. The van der Waals surface area contributed by atoms with Crippen molar-refractivity contribution in [2.24, 2.45) is 0 Å². The Kier molecular flexibility index (Phi) is 3.15. The fraction of sp³-hybridized carbons (Fsp3) is 0.154. The summed E-state index contributed by atoms with van der Waals surface area (Å²) in [6.45, 7) is 1.66. The van der Waals surface area contributed by atoms with Crippen LogP contribution in [0.2, 0.25) is 0 Å². The maximum absolute atomic E-state index is 13.0. The number of thiophene rings is 1.